The highest BCUT2D eigenvalue weighted by Crippen LogP contribution is 2.10. The largest absolute Gasteiger partial charge is 0.569 e. The summed E-state index contributed by atoms with van der Waals surface area (Å²) in [6.07, 6.45) is -0.973. The fourth-order valence-corrected chi connectivity index (χ4v) is 1.47. The van der Waals surface area contributed by atoms with E-state index in [0.717, 1.165) is 5.01 Å². The predicted octanol–water partition coefficient (Wildman–Crippen LogP) is 1.75. The molecule has 0 aliphatic rings. The summed E-state index contributed by atoms with van der Waals surface area (Å²) < 4.78 is 9.36. The van der Waals surface area contributed by atoms with Crippen molar-refractivity contribution in [2.75, 3.05) is 13.8 Å². The van der Waals surface area contributed by atoms with Gasteiger partial charge in [-0.3, -0.25) is 0 Å². The van der Waals surface area contributed by atoms with E-state index >= 15 is 0 Å². The van der Waals surface area contributed by atoms with Gasteiger partial charge in [-0.2, -0.15) is 0 Å². The maximum atomic E-state index is 11.6. The summed E-state index contributed by atoms with van der Waals surface area (Å²) in [5.41, 5.74) is -0.717. The predicted molar refractivity (Wildman–Crippen MR) is 73.4 cm³/mol. The number of carboxylic acids is 1. The number of nitrogens with zero attached hydrogens (tertiary/aromatic N) is 3. The van der Waals surface area contributed by atoms with Crippen LogP contribution in [0.5, 0.6) is 0 Å². The molecule has 1 N–H and O–H groups in total. The summed E-state index contributed by atoms with van der Waals surface area (Å²) in [4.78, 5) is 26.7. The van der Waals surface area contributed by atoms with E-state index in [1.807, 2.05) is 0 Å². The number of hydrogen-bond acceptors (Lipinski definition) is 7. The second-order valence-corrected chi connectivity index (χ2v) is 5.79. The van der Waals surface area contributed by atoms with E-state index < -0.39 is 30.6 Å². The molecule has 10 nitrogen and oxygen atoms in total. The molecule has 0 aromatic rings. The van der Waals surface area contributed by atoms with Crippen LogP contribution in [0.25, 0.3) is 0 Å². The lowest BCUT2D eigenvalue weighted by atomic mass is 10.1. The molecule has 0 amide bonds. The summed E-state index contributed by atoms with van der Waals surface area (Å²) in [7, 11) is 1.26. The molecule has 0 heterocycles. The SMILES string of the molecule is CC(C)[C@@H](C(=O)O)N(C)/[N+]([O-])=N/OCOC(=O)OC(C)(C)C. The molecule has 0 aromatic heterocycles. The molecule has 0 spiro atoms. The molecule has 0 aliphatic carbocycles. The lowest BCUT2D eigenvalue weighted by molar-refractivity contribution is -0.712. The standard InChI is InChI=1S/C12H23N3O7/c1-8(2)9(10(16)17)14(6)15(19)13-21-7-20-11(18)22-12(3,4)5/h8-9H,7H2,1-6H3,(H,16,17)/b15-13-/t9-/m0/s1. The Hall–Kier alpha value is -2.26. The van der Waals surface area contributed by atoms with Crippen LogP contribution in [-0.2, 0) is 19.1 Å². The van der Waals surface area contributed by atoms with Crippen LogP contribution >= 0.6 is 0 Å². The third-order valence-electron chi connectivity index (χ3n) is 2.30. The summed E-state index contributed by atoms with van der Waals surface area (Å²) in [5.74, 6) is -1.49. The van der Waals surface area contributed by atoms with E-state index in [4.69, 9.17) is 9.84 Å². The Morgan fingerprint density at radius 3 is 2.32 bits per heavy atom. The minimum atomic E-state index is -1.17. The summed E-state index contributed by atoms with van der Waals surface area (Å²) >= 11 is 0. The van der Waals surface area contributed by atoms with Gasteiger partial charge < -0.3 is 24.6 Å². The zero-order valence-corrected chi connectivity index (χ0v) is 13.6. The molecule has 0 aliphatic heterocycles. The molecule has 22 heavy (non-hydrogen) atoms. The molecule has 10 heteroatoms. The first-order chi connectivity index (χ1) is 9.95. The van der Waals surface area contributed by atoms with Crippen LogP contribution in [0, 0.1) is 11.1 Å². The van der Waals surface area contributed by atoms with Crippen LogP contribution in [0.4, 0.5) is 4.79 Å². The zero-order chi connectivity index (χ0) is 17.5. The molecule has 128 valence electrons. The van der Waals surface area contributed by atoms with Crippen LogP contribution < -0.4 is 0 Å². The van der Waals surface area contributed by atoms with Gasteiger partial charge in [0.15, 0.2) is 6.04 Å². The van der Waals surface area contributed by atoms with E-state index in [2.05, 4.69) is 14.9 Å². The number of aliphatic carboxylic acids is 1. The van der Waals surface area contributed by atoms with Crippen LogP contribution in [0.3, 0.4) is 0 Å². The van der Waals surface area contributed by atoms with Gasteiger partial charge in [-0.25, -0.2) is 9.59 Å². The van der Waals surface area contributed by atoms with E-state index in [-0.39, 0.29) is 10.9 Å². The molecule has 0 rings (SSSR count). The van der Waals surface area contributed by atoms with Gasteiger partial charge in [-0.05, 0) is 26.7 Å². The Morgan fingerprint density at radius 1 is 1.36 bits per heavy atom. The molecule has 0 aromatic carbocycles. The van der Waals surface area contributed by atoms with Crippen molar-refractivity contribution in [1.29, 1.82) is 0 Å². The quantitative estimate of drug-likeness (QED) is 0.188. The lowest BCUT2D eigenvalue weighted by Crippen LogP contribution is -2.45. The second-order valence-electron chi connectivity index (χ2n) is 5.79. The summed E-state index contributed by atoms with van der Waals surface area (Å²) in [6, 6.07) is -1.07. The minimum absolute atomic E-state index is 0.0305. The van der Waals surface area contributed by atoms with Crippen LogP contribution in [0.2, 0.25) is 0 Å². The van der Waals surface area contributed by atoms with E-state index in [1.54, 1.807) is 34.6 Å². The highest BCUT2D eigenvalue weighted by molar-refractivity contribution is 5.73. The Balaban J connectivity index is 4.39. The highest BCUT2D eigenvalue weighted by Gasteiger charge is 2.31. The first kappa shape index (κ1) is 19.7. The maximum Gasteiger partial charge on any atom is 0.511 e. The normalized spacial score (nSPS) is 13.5. The Labute approximate surface area is 128 Å². The van der Waals surface area contributed by atoms with Crippen molar-refractivity contribution >= 4 is 12.1 Å². The smallest absolute Gasteiger partial charge is 0.511 e. The van der Waals surface area contributed by atoms with Crippen molar-refractivity contribution in [2.45, 2.75) is 46.3 Å². The van der Waals surface area contributed by atoms with E-state index in [0.29, 0.717) is 0 Å². The number of ether oxygens (including phenoxy) is 2. The van der Waals surface area contributed by atoms with Crippen LogP contribution in [0.1, 0.15) is 34.6 Å². The Kier molecular flexibility index (Phi) is 7.40. The van der Waals surface area contributed by atoms with Crippen molar-refractivity contribution < 1.29 is 34.0 Å². The number of carboxylic acid groups (broad SMARTS) is 1. The second kappa shape index (κ2) is 8.25. The van der Waals surface area contributed by atoms with E-state index in [1.165, 1.54) is 7.05 Å². The third-order valence-corrected chi connectivity index (χ3v) is 2.30. The molecule has 0 unspecified atom stereocenters. The van der Waals surface area contributed by atoms with Gasteiger partial charge >= 0.3 is 12.1 Å². The van der Waals surface area contributed by atoms with Gasteiger partial charge in [-0.15, -0.1) is 5.01 Å². The minimum Gasteiger partial charge on any atom is -0.569 e. The lowest BCUT2D eigenvalue weighted by Gasteiger charge is -2.23. The number of likely N-dealkylation sites (N-methyl/N-ethyl adjacent to an activating group) is 1. The van der Waals surface area contributed by atoms with E-state index in [9.17, 15) is 14.8 Å². The molecule has 0 saturated carbocycles. The van der Waals surface area contributed by atoms with Gasteiger partial charge in [0.25, 0.3) is 6.79 Å². The number of carbonyl (C=O) groups is 2. The van der Waals surface area contributed by atoms with Gasteiger partial charge in [0.05, 0.1) is 12.0 Å². The summed E-state index contributed by atoms with van der Waals surface area (Å²) in [5, 5.41) is 24.6. The monoisotopic (exact) mass is 321 g/mol. The van der Waals surface area contributed by atoms with Gasteiger partial charge in [0.1, 0.15) is 5.60 Å². The van der Waals surface area contributed by atoms with Crippen molar-refractivity contribution in [2.24, 2.45) is 11.2 Å². The van der Waals surface area contributed by atoms with Gasteiger partial charge in [-0.1, -0.05) is 13.8 Å². The van der Waals surface area contributed by atoms with Crippen LogP contribution in [-0.4, -0.2) is 52.7 Å². The van der Waals surface area contributed by atoms with Crippen molar-refractivity contribution in [3.63, 3.8) is 0 Å². The number of rotatable bonds is 7. The maximum absolute atomic E-state index is 11.6. The summed E-state index contributed by atoms with van der Waals surface area (Å²) in [6.45, 7) is 7.63. The Morgan fingerprint density at radius 2 is 1.91 bits per heavy atom. The fourth-order valence-electron chi connectivity index (χ4n) is 1.47. The first-order valence-corrected chi connectivity index (χ1v) is 6.57. The molecular weight excluding hydrogens is 298 g/mol. The van der Waals surface area contributed by atoms with Gasteiger partial charge in [0, 0.05) is 0 Å². The van der Waals surface area contributed by atoms with Gasteiger partial charge in [0.2, 0.25) is 5.28 Å². The molecule has 0 fully saturated rings. The number of carbonyl (C=O) groups excluding carboxylic acids is 1. The molecule has 0 saturated heterocycles. The topological polar surface area (TPSA) is 124 Å². The number of hydrogen-bond donors (Lipinski definition) is 1. The Bertz CT molecular complexity index is 417. The van der Waals surface area contributed by atoms with Crippen molar-refractivity contribution in [1.82, 2.24) is 5.01 Å². The van der Waals surface area contributed by atoms with Crippen molar-refractivity contribution in [3.8, 4) is 0 Å². The molecule has 0 radical (unpaired) electrons. The molecule has 1 atom stereocenters. The first-order valence-electron chi connectivity index (χ1n) is 6.57. The average molecular weight is 321 g/mol. The number of hydrazine groups is 1. The van der Waals surface area contributed by atoms with Crippen LogP contribution in [0.15, 0.2) is 5.28 Å². The van der Waals surface area contributed by atoms with Crippen molar-refractivity contribution in [3.05, 3.63) is 5.21 Å². The third kappa shape index (κ3) is 7.50. The average Bonchev–Trinajstić information content (AvgIpc) is 2.31. The molecular formula is C12H23N3O7. The fraction of sp³-hybridized carbons (Fsp3) is 0.833. The zero-order valence-electron chi connectivity index (χ0n) is 13.6. The highest BCUT2D eigenvalue weighted by atomic mass is 16.8. The molecule has 0 bridgehead atoms.